The third-order valence-electron chi connectivity index (χ3n) is 9.76. The van der Waals surface area contributed by atoms with Crippen molar-refractivity contribution in [2.75, 3.05) is 12.8 Å². The first-order valence-corrected chi connectivity index (χ1v) is 21.5. The Morgan fingerprint density at radius 3 is 2.24 bits per heavy atom. The SMILES string of the molecule is CCSC(C)O[C@@](CC[C@@H](Cc1ccccc1)NC(=O)OCc1cncs1)(Cc1ccccc1)C(C)(C)[C@H](NC(=O)N(C)Cc1csc(C(C)C)n1)C(N)=O. The maximum Gasteiger partial charge on any atom is 0.407 e. The predicted octanol–water partition coefficient (Wildman–Crippen LogP) is 8.16. The maximum absolute atomic E-state index is 13.9. The van der Waals surface area contributed by atoms with Crippen molar-refractivity contribution in [3.63, 3.8) is 0 Å². The second-order valence-corrected chi connectivity index (χ2v) is 18.0. The van der Waals surface area contributed by atoms with Gasteiger partial charge in [-0.1, -0.05) is 95.3 Å². The average molecular weight is 809 g/mol. The lowest BCUT2D eigenvalue weighted by Crippen LogP contribution is -2.65. The van der Waals surface area contributed by atoms with Crippen molar-refractivity contribution < 1.29 is 23.9 Å². The number of ether oxygens (including phenoxy) is 2. The molecule has 4 N–H and O–H groups in total. The molecule has 11 nitrogen and oxygen atoms in total. The molecule has 0 bridgehead atoms. The topological polar surface area (TPSA) is 149 Å². The van der Waals surface area contributed by atoms with Crippen LogP contribution < -0.4 is 16.4 Å². The van der Waals surface area contributed by atoms with E-state index < -0.39 is 35.1 Å². The van der Waals surface area contributed by atoms with Crippen molar-refractivity contribution in [2.45, 2.75) is 109 Å². The smallest absolute Gasteiger partial charge is 0.407 e. The number of nitrogens with one attached hydrogen (secondary N) is 2. The Morgan fingerprint density at radius 2 is 1.65 bits per heavy atom. The van der Waals surface area contributed by atoms with Crippen LogP contribution in [0.15, 0.2) is 77.8 Å². The predicted molar refractivity (Wildman–Crippen MR) is 223 cm³/mol. The van der Waals surface area contributed by atoms with Gasteiger partial charge >= 0.3 is 12.1 Å². The summed E-state index contributed by atoms with van der Waals surface area (Å²) in [6.45, 7) is 12.5. The van der Waals surface area contributed by atoms with Crippen LogP contribution in [0.5, 0.6) is 0 Å². The van der Waals surface area contributed by atoms with Gasteiger partial charge in [0, 0.05) is 42.4 Å². The summed E-state index contributed by atoms with van der Waals surface area (Å²) in [5, 5.41) is 9.06. The summed E-state index contributed by atoms with van der Waals surface area (Å²) < 4.78 is 12.8. The number of amides is 4. The largest absolute Gasteiger partial charge is 0.444 e. The summed E-state index contributed by atoms with van der Waals surface area (Å²) in [5.41, 5.74) is 8.33. The number of carbonyl (C=O) groups is 3. The van der Waals surface area contributed by atoms with E-state index in [0.717, 1.165) is 32.5 Å². The highest BCUT2D eigenvalue weighted by atomic mass is 32.2. The van der Waals surface area contributed by atoms with Crippen LogP contribution in [0, 0.1) is 5.41 Å². The zero-order valence-electron chi connectivity index (χ0n) is 32.9. The normalized spacial score (nSPS) is 14.4. The van der Waals surface area contributed by atoms with Gasteiger partial charge in [-0.3, -0.25) is 9.78 Å². The van der Waals surface area contributed by atoms with Crippen molar-refractivity contribution in [1.29, 1.82) is 0 Å². The van der Waals surface area contributed by atoms with E-state index in [2.05, 4.69) is 41.4 Å². The van der Waals surface area contributed by atoms with E-state index in [-0.39, 0.29) is 30.5 Å². The molecule has 0 aliphatic rings. The highest BCUT2D eigenvalue weighted by Gasteiger charge is 2.54. The number of benzene rings is 2. The molecule has 2 aromatic heterocycles. The summed E-state index contributed by atoms with van der Waals surface area (Å²) >= 11 is 4.63. The number of alkyl carbamates (subject to hydrolysis) is 1. The third-order valence-corrected chi connectivity index (χ3v) is 12.6. The van der Waals surface area contributed by atoms with Crippen molar-refractivity contribution in [3.05, 3.63) is 104 Å². The van der Waals surface area contributed by atoms with Crippen LogP contribution in [0.25, 0.3) is 0 Å². The molecule has 14 heteroatoms. The minimum Gasteiger partial charge on any atom is -0.444 e. The summed E-state index contributed by atoms with van der Waals surface area (Å²) in [6, 6.07) is 18.0. The molecule has 4 amide bonds. The number of hydrogen-bond acceptors (Lipinski definition) is 10. The van der Waals surface area contributed by atoms with Gasteiger partial charge in [0.05, 0.1) is 33.2 Å². The molecule has 2 aromatic carbocycles. The molecule has 298 valence electrons. The molecule has 0 spiro atoms. The quantitative estimate of drug-likeness (QED) is 0.0715. The Labute approximate surface area is 338 Å². The second-order valence-electron chi connectivity index (χ2n) is 14.6. The summed E-state index contributed by atoms with van der Waals surface area (Å²) in [5.74, 6) is 0.411. The number of nitrogens with two attached hydrogens (primary N) is 1. The molecule has 0 radical (unpaired) electrons. The van der Waals surface area contributed by atoms with Crippen LogP contribution in [0.3, 0.4) is 0 Å². The monoisotopic (exact) mass is 808 g/mol. The second kappa shape index (κ2) is 20.8. The van der Waals surface area contributed by atoms with Crippen LogP contribution in [-0.4, -0.2) is 68.8 Å². The number of thiazole rings is 2. The molecule has 0 aliphatic carbocycles. The molecular formula is C41H56N6O5S3. The number of hydrogen-bond donors (Lipinski definition) is 3. The van der Waals surface area contributed by atoms with E-state index in [1.165, 1.54) is 16.2 Å². The summed E-state index contributed by atoms with van der Waals surface area (Å²) in [6.07, 6.45) is 2.96. The Balaban J connectivity index is 1.69. The van der Waals surface area contributed by atoms with Crippen molar-refractivity contribution >= 4 is 52.5 Å². The van der Waals surface area contributed by atoms with Gasteiger partial charge in [-0.15, -0.1) is 34.4 Å². The van der Waals surface area contributed by atoms with E-state index in [0.29, 0.717) is 25.7 Å². The number of primary amides is 1. The van der Waals surface area contributed by atoms with Crippen LogP contribution in [0.2, 0.25) is 0 Å². The van der Waals surface area contributed by atoms with Gasteiger partial charge in [-0.05, 0) is 43.1 Å². The van der Waals surface area contributed by atoms with Crippen molar-refractivity contribution in [1.82, 2.24) is 25.5 Å². The Morgan fingerprint density at radius 1 is 0.982 bits per heavy atom. The van der Waals surface area contributed by atoms with E-state index in [1.807, 2.05) is 86.8 Å². The van der Waals surface area contributed by atoms with Crippen LogP contribution in [-0.2, 0) is 40.3 Å². The number of nitrogens with zero attached hydrogens (tertiary/aromatic N) is 3. The highest BCUT2D eigenvalue weighted by molar-refractivity contribution is 7.99. The first-order chi connectivity index (χ1) is 26.2. The van der Waals surface area contributed by atoms with E-state index >= 15 is 0 Å². The lowest BCUT2D eigenvalue weighted by Gasteiger charge is -2.51. The molecule has 4 rings (SSSR count). The highest BCUT2D eigenvalue weighted by Crippen LogP contribution is 2.46. The number of carbonyl (C=O) groups excluding carboxylic acids is 3. The van der Waals surface area contributed by atoms with Gasteiger partial charge in [-0.2, -0.15) is 0 Å². The van der Waals surface area contributed by atoms with Crippen molar-refractivity contribution in [3.8, 4) is 0 Å². The molecule has 0 saturated heterocycles. The molecule has 4 atom stereocenters. The van der Waals surface area contributed by atoms with Crippen LogP contribution in [0.4, 0.5) is 9.59 Å². The molecule has 0 fully saturated rings. The standard InChI is InChI=1S/C41H56N6O5S3/c1-8-53-29(4)52-41(22-31-17-13-10-14-18-31,20-19-32(21-30-15-11-9-12-16-30)45-39(50)51-25-34-23-43-27-55-34)40(5,6)35(36(42)48)46-38(49)47(7)24-33-26-54-37(44-33)28(2)3/h9-18,23,26-29,32,35H,8,19-22,24-25H2,1-7H3,(H2,42,48)(H,45,50)(H,46,49)/t29?,32-,35+,41-/m0/s1. The third kappa shape index (κ3) is 12.8. The molecule has 0 saturated carbocycles. The molecule has 55 heavy (non-hydrogen) atoms. The minimum absolute atomic E-state index is 0.115. The fraction of sp³-hybridized carbons (Fsp3) is 0.488. The lowest BCUT2D eigenvalue weighted by molar-refractivity contribution is -0.156. The zero-order chi connectivity index (χ0) is 40.0. The fourth-order valence-electron chi connectivity index (χ4n) is 6.67. The Bertz CT molecular complexity index is 1770. The number of aromatic nitrogens is 2. The zero-order valence-corrected chi connectivity index (χ0v) is 35.4. The molecule has 4 aromatic rings. The Hall–Kier alpha value is -3.98. The number of urea groups is 1. The van der Waals surface area contributed by atoms with Gasteiger partial charge in [-0.25, -0.2) is 14.6 Å². The fourth-order valence-corrected chi connectivity index (χ4v) is 8.73. The van der Waals surface area contributed by atoms with Crippen LogP contribution >= 0.6 is 34.4 Å². The first kappa shape index (κ1) is 43.7. The molecule has 2 heterocycles. The molecule has 0 aliphatic heterocycles. The molecular weight excluding hydrogens is 753 g/mol. The van der Waals surface area contributed by atoms with Crippen molar-refractivity contribution in [2.24, 2.45) is 11.1 Å². The van der Waals surface area contributed by atoms with Gasteiger partial charge in [0.2, 0.25) is 5.91 Å². The maximum atomic E-state index is 13.9. The first-order valence-electron chi connectivity index (χ1n) is 18.7. The van der Waals surface area contributed by atoms with Gasteiger partial charge < -0.3 is 30.7 Å². The lowest BCUT2D eigenvalue weighted by atomic mass is 9.64. The average Bonchev–Trinajstić information content (AvgIpc) is 3.85. The van der Waals surface area contributed by atoms with E-state index in [1.54, 1.807) is 41.9 Å². The van der Waals surface area contributed by atoms with Crippen LogP contribution in [0.1, 0.15) is 87.0 Å². The van der Waals surface area contributed by atoms with Gasteiger partial charge in [0.15, 0.2) is 0 Å². The summed E-state index contributed by atoms with van der Waals surface area (Å²) in [7, 11) is 1.68. The number of rotatable bonds is 21. The van der Waals surface area contributed by atoms with Gasteiger partial charge in [0.25, 0.3) is 0 Å². The Kier molecular flexibility index (Phi) is 16.5. The minimum atomic E-state index is -1.13. The number of thioether (sulfide) groups is 1. The van der Waals surface area contributed by atoms with E-state index in [9.17, 15) is 14.4 Å². The van der Waals surface area contributed by atoms with Gasteiger partial charge in [0.1, 0.15) is 18.1 Å². The molecule has 1 unspecified atom stereocenters. The van der Waals surface area contributed by atoms with E-state index in [4.69, 9.17) is 15.2 Å². The summed E-state index contributed by atoms with van der Waals surface area (Å²) in [4.78, 5) is 51.8.